The van der Waals surface area contributed by atoms with Gasteiger partial charge in [0, 0.05) is 12.2 Å². The smallest absolute Gasteiger partial charge is 0.295 e. The van der Waals surface area contributed by atoms with Crippen LogP contribution in [-0.4, -0.2) is 27.6 Å². The van der Waals surface area contributed by atoms with Crippen LogP contribution in [0.2, 0.25) is 0 Å². The lowest BCUT2D eigenvalue weighted by atomic mass is 10.2. The standard InChI is InChI=1S/C12H14N4O/c1-3-16(10-6-4-9(2)5-7-10)12(17)11-13-8-14-15-11/h4-8H,3H2,1-2H3,(H,13,14,15). The van der Waals surface area contributed by atoms with Crippen molar-refractivity contribution in [3.8, 4) is 0 Å². The van der Waals surface area contributed by atoms with Gasteiger partial charge in [-0.25, -0.2) is 4.98 Å². The van der Waals surface area contributed by atoms with Crippen molar-refractivity contribution in [3.63, 3.8) is 0 Å². The Labute approximate surface area is 99.5 Å². The number of aromatic amines is 1. The summed E-state index contributed by atoms with van der Waals surface area (Å²) < 4.78 is 0. The Kier molecular flexibility index (Phi) is 3.18. The van der Waals surface area contributed by atoms with Crippen LogP contribution in [0.3, 0.4) is 0 Å². The number of H-pyrrole nitrogens is 1. The van der Waals surface area contributed by atoms with Gasteiger partial charge >= 0.3 is 0 Å². The molecule has 2 rings (SSSR count). The normalized spacial score (nSPS) is 10.2. The lowest BCUT2D eigenvalue weighted by Gasteiger charge is -2.19. The summed E-state index contributed by atoms with van der Waals surface area (Å²) in [4.78, 5) is 17.6. The number of rotatable bonds is 3. The number of amides is 1. The van der Waals surface area contributed by atoms with Crippen molar-refractivity contribution in [2.45, 2.75) is 13.8 Å². The molecule has 0 bridgehead atoms. The fourth-order valence-corrected chi connectivity index (χ4v) is 1.60. The van der Waals surface area contributed by atoms with Crippen LogP contribution in [-0.2, 0) is 0 Å². The highest BCUT2D eigenvalue weighted by atomic mass is 16.2. The van der Waals surface area contributed by atoms with Crippen molar-refractivity contribution in [1.29, 1.82) is 0 Å². The van der Waals surface area contributed by atoms with Crippen LogP contribution in [0.25, 0.3) is 0 Å². The summed E-state index contributed by atoms with van der Waals surface area (Å²) in [6.45, 7) is 4.52. The highest BCUT2D eigenvalue weighted by molar-refractivity contribution is 6.03. The fraction of sp³-hybridized carbons (Fsp3) is 0.250. The van der Waals surface area contributed by atoms with Crippen molar-refractivity contribution < 1.29 is 4.79 Å². The van der Waals surface area contributed by atoms with E-state index in [1.807, 2.05) is 38.1 Å². The third kappa shape index (κ3) is 2.33. The van der Waals surface area contributed by atoms with Gasteiger partial charge in [0.05, 0.1) is 0 Å². The average Bonchev–Trinajstić information content (AvgIpc) is 2.86. The van der Waals surface area contributed by atoms with Gasteiger partial charge in [0.1, 0.15) is 6.33 Å². The van der Waals surface area contributed by atoms with Gasteiger partial charge in [-0.3, -0.25) is 9.89 Å². The van der Waals surface area contributed by atoms with Crippen LogP contribution in [0, 0.1) is 6.92 Å². The van der Waals surface area contributed by atoms with Gasteiger partial charge in [-0.1, -0.05) is 17.7 Å². The second kappa shape index (κ2) is 4.78. The Bertz CT molecular complexity index is 490. The monoisotopic (exact) mass is 230 g/mol. The summed E-state index contributed by atoms with van der Waals surface area (Å²) >= 11 is 0. The second-order valence-electron chi connectivity index (χ2n) is 3.72. The van der Waals surface area contributed by atoms with Crippen molar-refractivity contribution in [2.24, 2.45) is 0 Å². The molecule has 0 spiro atoms. The summed E-state index contributed by atoms with van der Waals surface area (Å²) in [5.74, 6) is 0.0845. The first kappa shape index (κ1) is 11.3. The zero-order chi connectivity index (χ0) is 12.3. The number of nitrogens with one attached hydrogen (secondary N) is 1. The molecule has 1 aromatic carbocycles. The number of aryl methyl sites for hydroxylation is 1. The number of carbonyl (C=O) groups is 1. The van der Waals surface area contributed by atoms with Crippen LogP contribution in [0.15, 0.2) is 30.6 Å². The van der Waals surface area contributed by atoms with Crippen molar-refractivity contribution >= 4 is 11.6 Å². The SMILES string of the molecule is CCN(C(=O)c1ncn[nH]1)c1ccc(C)cc1. The maximum absolute atomic E-state index is 12.1. The van der Waals surface area contributed by atoms with E-state index in [2.05, 4.69) is 15.2 Å². The molecule has 0 saturated carbocycles. The molecule has 88 valence electrons. The van der Waals surface area contributed by atoms with Crippen LogP contribution in [0.5, 0.6) is 0 Å². The van der Waals surface area contributed by atoms with E-state index >= 15 is 0 Å². The third-order valence-corrected chi connectivity index (χ3v) is 2.52. The van der Waals surface area contributed by atoms with E-state index in [0.717, 1.165) is 11.3 Å². The van der Waals surface area contributed by atoms with E-state index < -0.39 is 0 Å². The minimum atomic E-state index is -0.172. The zero-order valence-electron chi connectivity index (χ0n) is 9.84. The first-order valence-corrected chi connectivity index (χ1v) is 5.46. The van der Waals surface area contributed by atoms with E-state index in [1.165, 1.54) is 6.33 Å². The van der Waals surface area contributed by atoms with Crippen molar-refractivity contribution in [1.82, 2.24) is 15.2 Å². The predicted octanol–water partition coefficient (Wildman–Crippen LogP) is 1.78. The molecule has 0 aliphatic rings. The molecule has 1 heterocycles. The van der Waals surface area contributed by atoms with Gasteiger partial charge in [0.25, 0.3) is 5.91 Å². The molecule has 0 radical (unpaired) electrons. The van der Waals surface area contributed by atoms with Gasteiger partial charge in [-0.2, -0.15) is 5.10 Å². The third-order valence-electron chi connectivity index (χ3n) is 2.52. The lowest BCUT2D eigenvalue weighted by molar-refractivity contribution is 0.0979. The first-order chi connectivity index (χ1) is 8.22. The summed E-state index contributed by atoms with van der Waals surface area (Å²) in [5, 5.41) is 6.26. The van der Waals surface area contributed by atoms with Crippen LogP contribution >= 0.6 is 0 Å². The molecule has 1 aromatic heterocycles. The maximum Gasteiger partial charge on any atom is 0.295 e. The summed E-state index contributed by atoms with van der Waals surface area (Å²) in [6, 6.07) is 7.80. The van der Waals surface area contributed by atoms with Crippen LogP contribution in [0.1, 0.15) is 23.1 Å². The number of hydrogen-bond acceptors (Lipinski definition) is 3. The fourth-order valence-electron chi connectivity index (χ4n) is 1.60. The van der Waals surface area contributed by atoms with Gasteiger partial charge in [-0.05, 0) is 26.0 Å². The number of aromatic nitrogens is 3. The molecule has 0 fully saturated rings. The summed E-state index contributed by atoms with van der Waals surface area (Å²) in [7, 11) is 0. The van der Waals surface area contributed by atoms with Crippen molar-refractivity contribution in [2.75, 3.05) is 11.4 Å². The van der Waals surface area contributed by atoms with Gasteiger partial charge in [0.2, 0.25) is 5.82 Å². The van der Waals surface area contributed by atoms with E-state index in [-0.39, 0.29) is 11.7 Å². The predicted molar refractivity (Wildman–Crippen MR) is 64.9 cm³/mol. The lowest BCUT2D eigenvalue weighted by Crippen LogP contribution is -2.31. The average molecular weight is 230 g/mol. The van der Waals surface area contributed by atoms with E-state index in [9.17, 15) is 4.79 Å². The van der Waals surface area contributed by atoms with Gasteiger partial charge in [0.15, 0.2) is 0 Å². The molecule has 1 N–H and O–H groups in total. The maximum atomic E-state index is 12.1. The molecule has 1 amide bonds. The molecule has 17 heavy (non-hydrogen) atoms. The summed E-state index contributed by atoms with van der Waals surface area (Å²) in [6.07, 6.45) is 1.33. The Morgan fingerprint density at radius 3 is 2.59 bits per heavy atom. The molecular weight excluding hydrogens is 216 g/mol. The molecule has 0 saturated heterocycles. The number of hydrogen-bond donors (Lipinski definition) is 1. The molecule has 0 aliphatic heterocycles. The Morgan fingerprint density at radius 2 is 2.06 bits per heavy atom. The van der Waals surface area contributed by atoms with Gasteiger partial charge < -0.3 is 4.90 Å². The number of anilines is 1. The minimum Gasteiger partial charge on any atom is -0.306 e. The molecule has 0 unspecified atom stereocenters. The number of nitrogens with zero attached hydrogens (tertiary/aromatic N) is 3. The highest BCUT2D eigenvalue weighted by Crippen LogP contribution is 2.16. The van der Waals surface area contributed by atoms with Crippen LogP contribution in [0.4, 0.5) is 5.69 Å². The van der Waals surface area contributed by atoms with E-state index in [1.54, 1.807) is 4.90 Å². The minimum absolute atomic E-state index is 0.172. The number of carbonyl (C=O) groups excluding carboxylic acids is 1. The molecule has 2 aromatic rings. The van der Waals surface area contributed by atoms with Crippen molar-refractivity contribution in [3.05, 3.63) is 42.0 Å². The topological polar surface area (TPSA) is 61.9 Å². The molecule has 0 aliphatic carbocycles. The second-order valence-corrected chi connectivity index (χ2v) is 3.72. The largest absolute Gasteiger partial charge is 0.306 e. The first-order valence-electron chi connectivity index (χ1n) is 5.46. The summed E-state index contributed by atoms with van der Waals surface area (Å²) in [5.41, 5.74) is 2.02. The quantitative estimate of drug-likeness (QED) is 0.874. The van der Waals surface area contributed by atoms with E-state index in [0.29, 0.717) is 6.54 Å². The molecule has 5 nitrogen and oxygen atoms in total. The van der Waals surface area contributed by atoms with E-state index in [4.69, 9.17) is 0 Å². The molecular formula is C12H14N4O. The van der Waals surface area contributed by atoms with Gasteiger partial charge in [-0.15, -0.1) is 0 Å². The number of benzene rings is 1. The zero-order valence-corrected chi connectivity index (χ0v) is 9.84. The Morgan fingerprint density at radius 1 is 1.35 bits per heavy atom. The highest BCUT2D eigenvalue weighted by Gasteiger charge is 2.18. The van der Waals surface area contributed by atoms with Crippen LogP contribution < -0.4 is 4.90 Å². The molecule has 0 atom stereocenters. The molecule has 5 heteroatoms. The Hall–Kier alpha value is -2.17. The Balaban J connectivity index is 2.28.